The Kier molecular flexibility index (Phi) is 8.40. The first-order valence-corrected chi connectivity index (χ1v) is 11.0. The number of nitrogens with one attached hydrogen (secondary N) is 1. The summed E-state index contributed by atoms with van der Waals surface area (Å²) in [4.78, 5) is 43.9. The SMILES string of the molecule is C=O.C=O.CC(=O)N1c2cccc(O)c2NC2=C(C(=O)CC(C)(C)C2)C1c1ccc(C)cc1Cl. The molecule has 34 heavy (non-hydrogen) atoms. The Morgan fingerprint density at radius 1 is 1.15 bits per heavy atom. The van der Waals surface area contributed by atoms with Crippen LogP contribution < -0.4 is 10.2 Å². The number of carbonyl (C=O) groups excluding carboxylic acids is 4. The molecule has 2 aliphatic rings. The van der Waals surface area contributed by atoms with Gasteiger partial charge in [-0.1, -0.05) is 43.6 Å². The van der Waals surface area contributed by atoms with Gasteiger partial charge in [0.25, 0.3) is 0 Å². The van der Waals surface area contributed by atoms with Gasteiger partial charge in [0.05, 0.1) is 11.7 Å². The van der Waals surface area contributed by atoms with Crippen molar-refractivity contribution < 1.29 is 24.3 Å². The average Bonchev–Trinajstić information content (AvgIpc) is 2.91. The summed E-state index contributed by atoms with van der Waals surface area (Å²) in [5.74, 6) is -0.234. The van der Waals surface area contributed by atoms with Gasteiger partial charge in [-0.3, -0.25) is 14.5 Å². The van der Waals surface area contributed by atoms with Gasteiger partial charge >= 0.3 is 0 Å². The number of Topliss-reactive ketones (excluding diaryl/α,β-unsaturated/α-hetero) is 1. The van der Waals surface area contributed by atoms with E-state index in [4.69, 9.17) is 21.2 Å². The highest BCUT2D eigenvalue weighted by atomic mass is 35.5. The number of carbonyl (C=O) groups is 4. The van der Waals surface area contributed by atoms with Crippen molar-refractivity contribution in [1.82, 2.24) is 0 Å². The number of phenols is 1. The summed E-state index contributed by atoms with van der Waals surface area (Å²) in [5, 5.41) is 14.4. The van der Waals surface area contributed by atoms with Crippen molar-refractivity contribution in [2.75, 3.05) is 10.2 Å². The maximum atomic E-state index is 13.4. The Bertz CT molecular complexity index is 1140. The molecule has 1 unspecified atom stereocenters. The third-order valence-electron chi connectivity index (χ3n) is 5.80. The Hall–Kier alpha value is -3.45. The summed E-state index contributed by atoms with van der Waals surface area (Å²) < 4.78 is 0. The van der Waals surface area contributed by atoms with E-state index < -0.39 is 6.04 Å². The molecule has 1 heterocycles. The van der Waals surface area contributed by atoms with E-state index in [1.54, 1.807) is 23.1 Å². The van der Waals surface area contributed by atoms with Crippen molar-refractivity contribution in [3.05, 3.63) is 63.8 Å². The van der Waals surface area contributed by atoms with Gasteiger partial charge in [0.15, 0.2) is 5.78 Å². The molecule has 1 aliphatic carbocycles. The highest BCUT2D eigenvalue weighted by molar-refractivity contribution is 6.31. The van der Waals surface area contributed by atoms with Crippen LogP contribution in [0.5, 0.6) is 5.75 Å². The number of aromatic hydroxyl groups is 1. The van der Waals surface area contributed by atoms with E-state index >= 15 is 0 Å². The number of hydrogen-bond donors (Lipinski definition) is 2. The van der Waals surface area contributed by atoms with Crippen LogP contribution in [0.2, 0.25) is 5.02 Å². The van der Waals surface area contributed by atoms with Gasteiger partial charge in [0, 0.05) is 29.6 Å². The molecule has 2 aromatic carbocycles. The van der Waals surface area contributed by atoms with Crippen LogP contribution in [0.4, 0.5) is 11.4 Å². The van der Waals surface area contributed by atoms with Crippen molar-refractivity contribution >= 4 is 48.2 Å². The van der Waals surface area contributed by atoms with Crippen molar-refractivity contribution in [1.29, 1.82) is 0 Å². The highest BCUT2D eigenvalue weighted by Gasteiger charge is 2.43. The van der Waals surface area contributed by atoms with Crippen LogP contribution in [0.3, 0.4) is 0 Å². The maximum Gasteiger partial charge on any atom is 0.224 e. The molecule has 7 nitrogen and oxygen atoms in total. The lowest BCUT2D eigenvalue weighted by molar-refractivity contribution is -0.118. The largest absolute Gasteiger partial charge is 0.506 e. The van der Waals surface area contributed by atoms with E-state index in [0.29, 0.717) is 40.4 Å². The summed E-state index contributed by atoms with van der Waals surface area (Å²) in [6.07, 6.45) is 0.995. The number of ketones is 1. The minimum Gasteiger partial charge on any atom is -0.506 e. The summed E-state index contributed by atoms with van der Waals surface area (Å²) in [6.45, 7) is 11.5. The second kappa shape index (κ2) is 10.7. The third-order valence-corrected chi connectivity index (χ3v) is 6.12. The number of nitrogens with zero attached hydrogens (tertiary/aromatic N) is 1. The number of para-hydroxylation sites is 1. The molecule has 180 valence electrons. The first kappa shape index (κ1) is 26.8. The lowest BCUT2D eigenvalue weighted by Gasteiger charge is -2.37. The Labute approximate surface area is 204 Å². The number of amides is 1. The second-order valence-corrected chi connectivity index (χ2v) is 9.35. The number of halogens is 1. The number of phenolic OH excluding ortho intramolecular Hbond substituents is 1. The molecular formula is C26H29ClN2O5. The number of benzene rings is 2. The fourth-order valence-electron chi connectivity index (χ4n) is 4.54. The number of hydrogen-bond acceptors (Lipinski definition) is 6. The zero-order valence-electron chi connectivity index (χ0n) is 19.8. The molecule has 0 bridgehead atoms. The van der Waals surface area contributed by atoms with E-state index in [0.717, 1.165) is 11.3 Å². The predicted octanol–water partition coefficient (Wildman–Crippen LogP) is 5.15. The van der Waals surface area contributed by atoms with Gasteiger partial charge < -0.3 is 20.0 Å². The van der Waals surface area contributed by atoms with Crippen LogP contribution in [0.1, 0.15) is 50.8 Å². The molecule has 8 heteroatoms. The highest BCUT2D eigenvalue weighted by Crippen LogP contribution is 2.51. The molecule has 0 radical (unpaired) electrons. The molecule has 0 fully saturated rings. The molecule has 1 amide bonds. The zero-order valence-corrected chi connectivity index (χ0v) is 20.5. The molecule has 4 rings (SSSR count). The lowest BCUT2D eigenvalue weighted by Crippen LogP contribution is -2.38. The fraction of sp³-hybridized carbons (Fsp3) is 0.308. The topological polar surface area (TPSA) is 104 Å². The van der Waals surface area contributed by atoms with E-state index in [1.165, 1.54) is 6.92 Å². The van der Waals surface area contributed by atoms with Crippen LogP contribution in [0, 0.1) is 12.3 Å². The van der Waals surface area contributed by atoms with Crippen molar-refractivity contribution in [2.45, 2.75) is 46.6 Å². The summed E-state index contributed by atoms with van der Waals surface area (Å²) in [5.41, 5.74) is 3.65. The smallest absolute Gasteiger partial charge is 0.224 e. The van der Waals surface area contributed by atoms with E-state index in [2.05, 4.69) is 5.32 Å². The Morgan fingerprint density at radius 3 is 2.38 bits per heavy atom. The van der Waals surface area contributed by atoms with E-state index in [-0.39, 0.29) is 22.9 Å². The van der Waals surface area contributed by atoms with Gasteiger partial charge in [-0.15, -0.1) is 0 Å². The molecule has 0 aromatic heterocycles. The van der Waals surface area contributed by atoms with Crippen LogP contribution in [0.15, 0.2) is 47.7 Å². The van der Waals surface area contributed by atoms with E-state index in [1.807, 2.05) is 52.5 Å². The van der Waals surface area contributed by atoms with Gasteiger partial charge in [-0.25, -0.2) is 0 Å². The molecule has 0 saturated carbocycles. The summed E-state index contributed by atoms with van der Waals surface area (Å²) in [6, 6.07) is 10.0. The minimum atomic E-state index is -0.676. The minimum absolute atomic E-state index is 0.0195. The lowest BCUT2D eigenvalue weighted by atomic mass is 9.73. The monoisotopic (exact) mass is 484 g/mol. The molecular weight excluding hydrogens is 456 g/mol. The molecule has 1 atom stereocenters. The zero-order chi connectivity index (χ0) is 25.8. The van der Waals surface area contributed by atoms with Crippen molar-refractivity contribution in [3.63, 3.8) is 0 Å². The van der Waals surface area contributed by atoms with Crippen LogP contribution in [-0.4, -0.2) is 30.4 Å². The van der Waals surface area contributed by atoms with Crippen LogP contribution >= 0.6 is 11.6 Å². The second-order valence-electron chi connectivity index (χ2n) is 8.95. The average molecular weight is 485 g/mol. The number of anilines is 2. The normalized spacial score (nSPS) is 18.1. The van der Waals surface area contributed by atoms with Gasteiger partial charge in [-0.05, 0) is 48.1 Å². The molecule has 0 saturated heterocycles. The van der Waals surface area contributed by atoms with Gasteiger partial charge in [-0.2, -0.15) is 0 Å². The number of rotatable bonds is 1. The first-order valence-electron chi connectivity index (χ1n) is 10.6. The van der Waals surface area contributed by atoms with Gasteiger partial charge in [0.2, 0.25) is 5.91 Å². The first-order chi connectivity index (χ1) is 16.1. The molecule has 0 spiro atoms. The van der Waals surface area contributed by atoms with E-state index in [9.17, 15) is 14.7 Å². The third kappa shape index (κ3) is 5.04. The Balaban J connectivity index is 0.000000970. The van der Waals surface area contributed by atoms with Crippen LogP contribution in [0.25, 0.3) is 0 Å². The summed E-state index contributed by atoms with van der Waals surface area (Å²) in [7, 11) is 0. The van der Waals surface area contributed by atoms with Gasteiger partial charge in [0.1, 0.15) is 25.0 Å². The number of fused-ring (bicyclic) bond motifs is 1. The van der Waals surface area contributed by atoms with Crippen molar-refractivity contribution in [3.8, 4) is 5.75 Å². The predicted molar refractivity (Wildman–Crippen MR) is 133 cm³/mol. The molecule has 1 aliphatic heterocycles. The number of allylic oxidation sites excluding steroid dienone is 1. The quantitative estimate of drug-likeness (QED) is 0.542. The van der Waals surface area contributed by atoms with Crippen LogP contribution in [-0.2, 0) is 19.2 Å². The maximum absolute atomic E-state index is 13.4. The molecule has 2 aromatic rings. The number of aryl methyl sites for hydroxylation is 1. The van der Waals surface area contributed by atoms with Crippen molar-refractivity contribution in [2.24, 2.45) is 5.41 Å². The standard InChI is InChI=1S/C24H25ClN2O3.2CH2O/c1-13-8-9-15(16(25)10-13)23-21-17(11-24(3,4)12-20(21)30)26-22-18(27(23)14(2)28)6-5-7-19(22)29;2*1-2/h5-10,23,26,29H,11-12H2,1-4H3;2*1H2. The molecule has 2 N–H and O–H groups in total. The summed E-state index contributed by atoms with van der Waals surface area (Å²) >= 11 is 6.64. The fourth-order valence-corrected chi connectivity index (χ4v) is 4.88. The Morgan fingerprint density at radius 2 is 1.79 bits per heavy atom.